The number of hydrogen-bond donors (Lipinski definition) is 1. The molecule has 0 unspecified atom stereocenters. The normalized spacial score (nSPS) is 15.7. The number of aromatic nitrogens is 2. The molecule has 9 heteroatoms. The van der Waals surface area contributed by atoms with Gasteiger partial charge < -0.3 is 19.5 Å². The number of amides is 1. The minimum Gasteiger partial charge on any atom is -0.496 e. The van der Waals surface area contributed by atoms with Crippen molar-refractivity contribution in [2.45, 2.75) is 46.1 Å². The first-order valence-electron chi connectivity index (χ1n) is 11.4. The van der Waals surface area contributed by atoms with Gasteiger partial charge in [-0.25, -0.2) is 9.18 Å². The van der Waals surface area contributed by atoms with Gasteiger partial charge >= 0.3 is 5.97 Å². The predicted octanol–water partition coefficient (Wildman–Crippen LogP) is 3.17. The lowest BCUT2D eigenvalue weighted by Gasteiger charge is -2.16. The number of fused-ring (bicyclic) bond motifs is 1. The highest BCUT2D eigenvalue weighted by atomic mass is 19.1. The Morgan fingerprint density at radius 2 is 2.12 bits per heavy atom. The summed E-state index contributed by atoms with van der Waals surface area (Å²) >= 11 is 0. The zero-order valence-electron chi connectivity index (χ0n) is 19.5. The quantitative estimate of drug-likeness (QED) is 0.637. The number of rotatable bonds is 7. The molecule has 1 atom stereocenters. The third-order valence-electron chi connectivity index (χ3n) is 5.51. The summed E-state index contributed by atoms with van der Waals surface area (Å²) < 4.78 is 31.4. The van der Waals surface area contributed by atoms with Crippen molar-refractivity contribution in [1.82, 2.24) is 15.1 Å². The molecule has 1 N–H and O–H groups in total. The topological polar surface area (TPSA) is 91.7 Å². The van der Waals surface area contributed by atoms with Gasteiger partial charge in [0.1, 0.15) is 17.1 Å². The van der Waals surface area contributed by atoms with Gasteiger partial charge in [0, 0.05) is 38.3 Å². The van der Waals surface area contributed by atoms with E-state index in [1.807, 2.05) is 18.5 Å². The van der Waals surface area contributed by atoms with E-state index in [4.69, 9.17) is 19.3 Å². The molecule has 33 heavy (non-hydrogen) atoms. The van der Waals surface area contributed by atoms with Crippen molar-refractivity contribution < 1.29 is 28.2 Å². The third kappa shape index (κ3) is 6.31. The number of nitrogens with zero attached hydrogens (tertiary/aromatic N) is 2. The second-order valence-electron chi connectivity index (χ2n) is 8.18. The molecule has 0 saturated carbocycles. The highest BCUT2D eigenvalue weighted by molar-refractivity contribution is 5.96. The molecule has 0 saturated heterocycles. The van der Waals surface area contributed by atoms with Gasteiger partial charge in [0.15, 0.2) is 0 Å². The molecule has 1 aliphatic heterocycles. The Hall–Kier alpha value is -2.94. The van der Waals surface area contributed by atoms with E-state index in [1.165, 1.54) is 19.2 Å². The number of hydrogen-bond acceptors (Lipinski definition) is 6. The summed E-state index contributed by atoms with van der Waals surface area (Å²) in [4.78, 5) is 25.3. The lowest BCUT2D eigenvalue weighted by molar-refractivity contribution is 0.0432. The van der Waals surface area contributed by atoms with Gasteiger partial charge in [-0.15, -0.1) is 0 Å². The fraction of sp³-hybridized carbons (Fsp3) is 0.542. The van der Waals surface area contributed by atoms with Gasteiger partial charge in [-0.05, 0) is 37.8 Å². The minimum absolute atomic E-state index is 0.0633. The van der Waals surface area contributed by atoms with Crippen LogP contribution in [-0.4, -0.2) is 55.1 Å². The molecule has 1 aliphatic rings. The van der Waals surface area contributed by atoms with E-state index in [1.54, 1.807) is 0 Å². The van der Waals surface area contributed by atoms with Crippen LogP contribution in [0.15, 0.2) is 18.2 Å². The van der Waals surface area contributed by atoms with Crippen LogP contribution in [0.3, 0.4) is 0 Å². The summed E-state index contributed by atoms with van der Waals surface area (Å²) in [5, 5.41) is 7.67. The second kappa shape index (κ2) is 11.8. The molecule has 0 aliphatic carbocycles. The van der Waals surface area contributed by atoms with E-state index in [2.05, 4.69) is 5.32 Å². The van der Waals surface area contributed by atoms with Gasteiger partial charge in [0.25, 0.3) is 5.91 Å². The number of halogens is 1. The van der Waals surface area contributed by atoms with Crippen molar-refractivity contribution in [2.75, 3.05) is 33.5 Å². The van der Waals surface area contributed by atoms with E-state index in [9.17, 15) is 14.0 Å². The van der Waals surface area contributed by atoms with E-state index in [0.717, 1.165) is 30.3 Å². The van der Waals surface area contributed by atoms with Gasteiger partial charge in [0.05, 0.1) is 30.7 Å². The summed E-state index contributed by atoms with van der Waals surface area (Å²) in [7, 11) is 1.37. The van der Waals surface area contributed by atoms with Crippen LogP contribution in [0.2, 0.25) is 0 Å². The molecule has 0 fully saturated rings. The summed E-state index contributed by atoms with van der Waals surface area (Å²) in [6, 6.07) is 3.69. The van der Waals surface area contributed by atoms with Gasteiger partial charge in [-0.1, -0.05) is 13.8 Å². The van der Waals surface area contributed by atoms with Crippen LogP contribution in [0.5, 0.6) is 5.75 Å². The highest BCUT2D eigenvalue weighted by Gasteiger charge is 2.24. The number of carbonyl (C=O) groups is 2. The first kappa shape index (κ1) is 24.7. The molecular weight excluding hydrogens is 429 g/mol. The Kier molecular flexibility index (Phi) is 8.82. The molecule has 1 aromatic heterocycles. The number of esters is 1. The monoisotopic (exact) mass is 461 g/mol. The second-order valence-corrected chi connectivity index (χ2v) is 8.18. The number of nitrogens with one attached hydrogen (secondary N) is 1. The van der Waals surface area contributed by atoms with Crippen LogP contribution >= 0.6 is 0 Å². The zero-order chi connectivity index (χ0) is 23.8. The summed E-state index contributed by atoms with van der Waals surface area (Å²) in [5.41, 5.74) is 2.47. The Labute approximate surface area is 193 Å². The smallest absolute Gasteiger partial charge is 0.341 e. The molecular formula is C24H32FN3O5. The average Bonchev–Trinajstić information content (AvgIpc) is 3.13. The van der Waals surface area contributed by atoms with Crippen molar-refractivity contribution in [3.8, 4) is 5.75 Å². The fourth-order valence-electron chi connectivity index (χ4n) is 3.85. The van der Waals surface area contributed by atoms with Crippen LogP contribution < -0.4 is 10.1 Å². The van der Waals surface area contributed by atoms with Gasteiger partial charge in [0.2, 0.25) is 0 Å². The lowest BCUT2D eigenvalue weighted by atomic mass is 10.1. The first-order chi connectivity index (χ1) is 15.9. The fourth-order valence-corrected chi connectivity index (χ4v) is 3.85. The van der Waals surface area contributed by atoms with Crippen LogP contribution in [0, 0.1) is 11.7 Å². The van der Waals surface area contributed by atoms with Crippen molar-refractivity contribution >= 4 is 11.9 Å². The van der Waals surface area contributed by atoms with E-state index >= 15 is 0 Å². The number of ether oxygens (including phenoxy) is 3. The lowest BCUT2D eigenvalue weighted by Crippen LogP contribution is -2.27. The van der Waals surface area contributed by atoms with Gasteiger partial charge in [-0.2, -0.15) is 5.10 Å². The van der Waals surface area contributed by atoms with Crippen molar-refractivity contribution in [3.63, 3.8) is 0 Å². The molecule has 1 amide bonds. The maximum absolute atomic E-state index is 13.4. The third-order valence-corrected chi connectivity index (χ3v) is 5.51. The van der Waals surface area contributed by atoms with E-state index in [0.29, 0.717) is 44.7 Å². The van der Waals surface area contributed by atoms with E-state index < -0.39 is 11.8 Å². The summed E-state index contributed by atoms with van der Waals surface area (Å²) in [5.74, 6) is -1.10. The van der Waals surface area contributed by atoms with Gasteiger partial charge in [-0.3, -0.25) is 9.48 Å². The molecule has 8 nitrogen and oxygen atoms in total. The predicted molar refractivity (Wildman–Crippen MR) is 120 cm³/mol. The average molecular weight is 462 g/mol. The molecule has 180 valence electrons. The van der Waals surface area contributed by atoms with Crippen molar-refractivity contribution in [3.05, 3.63) is 46.5 Å². The SMILES string of the molecule is CCc1nn(C[C@@H](C)COC(=O)c2ccc(F)cc2OC)c2c1C(=O)NCCCOCCC2. The van der Waals surface area contributed by atoms with Crippen LogP contribution in [-0.2, 0) is 28.9 Å². The minimum atomic E-state index is -0.579. The largest absolute Gasteiger partial charge is 0.496 e. The Morgan fingerprint density at radius 3 is 2.88 bits per heavy atom. The van der Waals surface area contributed by atoms with Crippen molar-refractivity contribution in [2.24, 2.45) is 5.92 Å². The molecule has 0 spiro atoms. The maximum Gasteiger partial charge on any atom is 0.341 e. The zero-order valence-corrected chi connectivity index (χ0v) is 19.5. The van der Waals surface area contributed by atoms with Crippen LogP contribution in [0.1, 0.15) is 58.8 Å². The first-order valence-corrected chi connectivity index (χ1v) is 11.4. The number of aryl methyl sites for hydroxylation is 1. The Balaban J connectivity index is 1.72. The summed E-state index contributed by atoms with van der Waals surface area (Å²) in [6.07, 6.45) is 2.89. The number of carbonyl (C=O) groups excluding carboxylic acids is 2. The summed E-state index contributed by atoms with van der Waals surface area (Å²) in [6.45, 7) is 6.39. The maximum atomic E-state index is 13.4. The number of benzene rings is 1. The number of methoxy groups -OCH3 is 1. The molecule has 2 aromatic rings. The molecule has 0 radical (unpaired) electrons. The van der Waals surface area contributed by atoms with Crippen LogP contribution in [0.4, 0.5) is 4.39 Å². The molecule has 2 heterocycles. The van der Waals surface area contributed by atoms with E-state index in [-0.39, 0.29) is 29.7 Å². The molecule has 3 rings (SSSR count). The molecule has 0 bridgehead atoms. The highest BCUT2D eigenvalue weighted by Crippen LogP contribution is 2.22. The van der Waals surface area contributed by atoms with Crippen LogP contribution in [0.25, 0.3) is 0 Å². The standard InChI is InChI=1S/C24H32FN3O5/c1-4-19-22-20(7-5-11-32-12-6-10-26-23(22)29)28(27-19)14-16(2)15-33-24(30)18-9-8-17(25)13-21(18)31-3/h8-9,13,16H,4-7,10-12,14-15H2,1-3H3,(H,26,29)/t16-/m1/s1. The Morgan fingerprint density at radius 1 is 1.33 bits per heavy atom. The molecule has 1 aromatic carbocycles. The van der Waals surface area contributed by atoms with Crippen molar-refractivity contribution in [1.29, 1.82) is 0 Å². The Bertz CT molecular complexity index is 975.